The molecule has 0 saturated carbocycles. The van der Waals surface area contributed by atoms with Gasteiger partial charge in [-0.05, 0) is 36.2 Å². The number of hydrogen-bond donors (Lipinski definition) is 2. The second-order valence-corrected chi connectivity index (χ2v) is 9.56. The largest absolute Gasteiger partial charge is 0.349 e. The molecular formula is C22H23ClN4O5S. The molecular weight excluding hydrogens is 468 g/mol. The van der Waals surface area contributed by atoms with Crippen LogP contribution in [0.2, 0.25) is 5.02 Å². The number of amides is 1. The number of nitrogens with one attached hydrogen (secondary N) is 2. The lowest BCUT2D eigenvalue weighted by molar-refractivity contribution is -0.122. The van der Waals surface area contributed by atoms with Gasteiger partial charge in [0.2, 0.25) is 15.9 Å². The molecule has 2 aromatic carbocycles. The van der Waals surface area contributed by atoms with Crippen LogP contribution in [0.4, 0.5) is 0 Å². The Morgan fingerprint density at radius 1 is 1.00 bits per heavy atom. The molecule has 1 amide bonds. The summed E-state index contributed by atoms with van der Waals surface area (Å²) in [6.07, 6.45) is 0.0922. The van der Waals surface area contributed by atoms with Crippen LogP contribution in [0.1, 0.15) is 11.3 Å². The minimum Gasteiger partial charge on any atom is -0.349 e. The maximum absolute atomic E-state index is 13.0. The number of aromatic nitrogens is 2. The monoisotopic (exact) mass is 490 g/mol. The summed E-state index contributed by atoms with van der Waals surface area (Å²) in [5.74, 6) is -0.607. The number of sulfonamides is 1. The maximum Gasteiger partial charge on any atom is 0.330 e. The van der Waals surface area contributed by atoms with Crippen molar-refractivity contribution in [2.75, 3.05) is 0 Å². The van der Waals surface area contributed by atoms with E-state index in [1.807, 2.05) is 6.07 Å². The summed E-state index contributed by atoms with van der Waals surface area (Å²) in [5, 5.41) is 3.00. The van der Waals surface area contributed by atoms with Crippen molar-refractivity contribution < 1.29 is 13.2 Å². The van der Waals surface area contributed by atoms with Gasteiger partial charge in [0.15, 0.2) is 0 Å². The highest BCUT2D eigenvalue weighted by atomic mass is 35.5. The van der Waals surface area contributed by atoms with Crippen molar-refractivity contribution in [2.45, 2.75) is 23.9 Å². The molecule has 0 aliphatic carbocycles. The molecule has 1 unspecified atom stereocenters. The summed E-state index contributed by atoms with van der Waals surface area (Å²) in [6.45, 7) is -0.130. The lowest BCUT2D eigenvalue weighted by Gasteiger charge is -2.19. The third-order valence-electron chi connectivity index (χ3n) is 5.09. The molecule has 11 heteroatoms. The Morgan fingerprint density at radius 2 is 1.64 bits per heavy atom. The summed E-state index contributed by atoms with van der Waals surface area (Å²) >= 11 is 5.84. The Labute approximate surface area is 195 Å². The molecule has 0 aliphatic heterocycles. The number of nitrogens with zero attached hydrogens (tertiary/aromatic N) is 2. The van der Waals surface area contributed by atoms with Crippen LogP contribution in [-0.4, -0.2) is 29.5 Å². The van der Waals surface area contributed by atoms with Crippen molar-refractivity contribution in [3.8, 4) is 0 Å². The van der Waals surface area contributed by atoms with Crippen LogP contribution in [-0.2, 0) is 41.9 Å². The lowest BCUT2D eigenvalue weighted by atomic mass is 10.1. The van der Waals surface area contributed by atoms with Crippen LogP contribution < -0.4 is 21.3 Å². The highest BCUT2D eigenvalue weighted by molar-refractivity contribution is 7.89. The second-order valence-electron chi connectivity index (χ2n) is 7.41. The van der Waals surface area contributed by atoms with Crippen molar-refractivity contribution in [1.29, 1.82) is 0 Å². The molecule has 3 aromatic rings. The molecule has 0 spiro atoms. The molecule has 0 bridgehead atoms. The number of hydrogen-bond acceptors (Lipinski definition) is 5. The Kier molecular flexibility index (Phi) is 7.52. The van der Waals surface area contributed by atoms with Crippen molar-refractivity contribution in [2.24, 2.45) is 14.1 Å². The van der Waals surface area contributed by atoms with E-state index in [-0.39, 0.29) is 23.6 Å². The number of carbonyl (C=O) groups excluding carboxylic acids is 1. The van der Waals surface area contributed by atoms with Gasteiger partial charge in [-0.15, -0.1) is 0 Å². The van der Waals surface area contributed by atoms with Crippen LogP contribution in [0.25, 0.3) is 0 Å². The zero-order valence-electron chi connectivity index (χ0n) is 18.0. The van der Waals surface area contributed by atoms with Gasteiger partial charge in [0.25, 0.3) is 5.56 Å². The maximum atomic E-state index is 13.0. The molecule has 9 nitrogen and oxygen atoms in total. The fourth-order valence-electron chi connectivity index (χ4n) is 3.16. The number of rotatable bonds is 8. The first kappa shape index (κ1) is 24.4. The third-order valence-corrected chi connectivity index (χ3v) is 6.83. The van der Waals surface area contributed by atoms with Gasteiger partial charge < -0.3 is 5.32 Å². The van der Waals surface area contributed by atoms with E-state index in [1.165, 1.54) is 49.0 Å². The molecule has 174 valence electrons. The van der Waals surface area contributed by atoms with Gasteiger partial charge in [-0.3, -0.25) is 18.7 Å². The van der Waals surface area contributed by atoms with Crippen molar-refractivity contribution in [3.05, 3.63) is 97.8 Å². The average molecular weight is 491 g/mol. The first-order valence-corrected chi connectivity index (χ1v) is 11.8. The highest BCUT2D eigenvalue weighted by Crippen LogP contribution is 2.15. The predicted molar refractivity (Wildman–Crippen MR) is 124 cm³/mol. The molecule has 1 atom stereocenters. The fraction of sp³-hybridized carbons (Fsp3) is 0.227. The molecule has 0 aliphatic rings. The molecule has 3 rings (SSSR count). The summed E-state index contributed by atoms with van der Waals surface area (Å²) < 4.78 is 30.4. The molecule has 0 fully saturated rings. The van der Waals surface area contributed by atoms with E-state index in [2.05, 4.69) is 10.0 Å². The molecule has 2 N–H and O–H groups in total. The fourth-order valence-corrected chi connectivity index (χ4v) is 4.48. The van der Waals surface area contributed by atoms with Gasteiger partial charge in [0.05, 0.1) is 11.4 Å². The van der Waals surface area contributed by atoms with E-state index in [1.54, 1.807) is 24.3 Å². The number of benzene rings is 2. The minimum atomic E-state index is -4.03. The Hall–Kier alpha value is -3.21. The lowest BCUT2D eigenvalue weighted by Crippen LogP contribution is -2.48. The first-order chi connectivity index (χ1) is 15.6. The highest BCUT2D eigenvalue weighted by Gasteiger charge is 2.26. The van der Waals surface area contributed by atoms with Gasteiger partial charge in [0, 0.05) is 30.9 Å². The first-order valence-electron chi connectivity index (χ1n) is 9.94. The Balaban J connectivity index is 1.84. The van der Waals surface area contributed by atoms with E-state index >= 15 is 0 Å². The third kappa shape index (κ3) is 5.98. The molecule has 33 heavy (non-hydrogen) atoms. The van der Waals surface area contributed by atoms with E-state index < -0.39 is 33.2 Å². The topological polar surface area (TPSA) is 119 Å². The summed E-state index contributed by atoms with van der Waals surface area (Å²) in [6, 6.07) is 14.6. The molecule has 1 aromatic heterocycles. The predicted octanol–water partition coefficient (Wildman–Crippen LogP) is 0.943. The zero-order valence-corrected chi connectivity index (χ0v) is 19.6. The SMILES string of the molecule is Cn1c(CNC(=O)C(Cc2ccccc2)NS(=O)(=O)c2ccc(Cl)cc2)cc(=O)n(C)c1=O. The molecule has 1 heterocycles. The normalized spacial score (nSPS) is 12.3. The van der Waals surface area contributed by atoms with E-state index in [9.17, 15) is 22.8 Å². The Bertz CT molecular complexity index is 1370. The van der Waals surface area contributed by atoms with Gasteiger partial charge in [-0.1, -0.05) is 41.9 Å². The van der Waals surface area contributed by atoms with Gasteiger partial charge in [0.1, 0.15) is 6.04 Å². The average Bonchev–Trinajstić information content (AvgIpc) is 2.79. The number of carbonyl (C=O) groups is 1. The van der Waals surface area contributed by atoms with Gasteiger partial charge in [-0.25, -0.2) is 13.2 Å². The van der Waals surface area contributed by atoms with Gasteiger partial charge in [-0.2, -0.15) is 4.72 Å². The molecule has 0 saturated heterocycles. The van der Waals surface area contributed by atoms with Crippen molar-refractivity contribution in [1.82, 2.24) is 19.2 Å². The summed E-state index contributed by atoms with van der Waals surface area (Å²) in [4.78, 5) is 37.0. The van der Waals surface area contributed by atoms with E-state index in [0.717, 1.165) is 10.1 Å². The van der Waals surface area contributed by atoms with Crippen molar-refractivity contribution >= 4 is 27.5 Å². The van der Waals surface area contributed by atoms with Crippen molar-refractivity contribution in [3.63, 3.8) is 0 Å². The molecule has 0 radical (unpaired) electrons. The van der Waals surface area contributed by atoms with E-state index in [4.69, 9.17) is 11.6 Å². The minimum absolute atomic E-state index is 0.0354. The van der Waals surface area contributed by atoms with E-state index in [0.29, 0.717) is 5.02 Å². The van der Waals surface area contributed by atoms with Crippen LogP contribution >= 0.6 is 11.6 Å². The Morgan fingerprint density at radius 3 is 2.27 bits per heavy atom. The van der Waals surface area contributed by atoms with Crippen LogP contribution in [0.5, 0.6) is 0 Å². The van der Waals surface area contributed by atoms with Crippen LogP contribution in [0.15, 0.2) is 75.1 Å². The summed E-state index contributed by atoms with van der Waals surface area (Å²) in [5.41, 5.74) is -0.00411. The van der Waals surface area contributed by atoms with Gasteiger partial charge >= 0.3 is 5.69 Å². The smallest absolute Gasteiger partial charge is 0.330 e. The zero-order chi connectivity index (χ0) is 24.2. The van der Waals surface area contributed by atoms with Crippen LogP contribution in [0.3, 0.4) is 0 Å². The quantitative estimate of drug-likeness (QED) is 0.487. The summed E-state index contributed by atoms with van der Waals surface area (Å²) in [7, 11) is -1.19. The standard InChI is InChI=1S/C22H23ClN4O5S/c1-26-17(13-20(28)27(2)22(26)30)14-24-21(29)19(12-15-6-4-3-5-7-15)25-33(31,32)18-10-8-16(23)9-11-18/h3-11,13,19,25H,12,14H2,1-2H3,(H,24,29). The number of halogens is 1. The second kappa shape index (κ2) is 10.2. The van der Waals surface area contributed by atoms with Crippen LogP contribution in [0, 0.1) is 0 Å².